The maximum absolute atomic E-state index is 11.4. The summed E-state index contributed by atoms with van der Waals surface area (Å²) in [6, 6.07) is 0. The minimum absolute atomic E-state index is 0.165. The number of hydrogen-bond donors (Lipinski definition) is 0. The molecule has 0 amide bonds. The van der Waals surface area contributed by atoms with Crippen LogP contribution in [0.15, 0.2) is 4.36 Å². The summed E-state index contributed by atoms with van der Waals surface area (Å²) in [7, 11) is -1.90. The van der Waals surface area contributed by atoms with Crippen molar-refractivity contribution in [3.63, 3.8) is 0 Å². The third-order valence-electron chi connectivity index (χ3n) is 1.00. The van der Waals surface area contributed by atoms with Crippen LogP contribution in [-0.4, -0.2) is 21.8 Å². The van der Waals surface area contributed by atoms with E-state index in [-0.39, 0.29) is 5.54 Å². The molecule has 62 valence electrons. The Kier molecular flexibility index (Phi) is 2.89. The molecule has 0 fully saturated rings. The molecule has 0 radical (unpaired) electrons. The zero-order valence-corrected chi connectivity index (χ0v) is 8.29. The molecule has 0 aromatic rings. The van der Waals surface area contributed by atoms with Gasteiger partial charge >= 0.3 is 0 Å². The van der Waals surface area contributed by atoms with E-state index < -0.39 is 9.73 Å². The molecule has 0 heterocycles. The molecule has 3 heteroatoms. The third-order valence-corrected chi connectivity index (χ3v) is 3.01. The number of rotatable bonds is 1. The van der Waals surface area contributed by atoms with Gasteiger partial charge < -0.3 is 0 Å². The van der Waals surface area contributed by atoms with Crippen LogP contribution in [0.4, 0.5) is 0 Å². The van der Waals surface area contributed by atoms with Crippen molar-refractivity contribution in [1.29, 1.82) is 0 Å². The Hall–Kier alpha value is -0.0500. The fraction of sp³-hybridized carbons (Fsp3) is 1.00. The van der Waals surface area contributed by atoms with Gasteiger partial charge in [-0.05, 0) is 20.8 Å². The first-order chi connectivity index (χ1) is 4.27. The van der Waals surface area contributed by atoms with Gasteiger partial charge in [-0.2, -0.15) is 0 Å². The largest absolute Gasteiger partial charge is 0.250 e. The second kappa shape index (κ2) is 2.91. The van der Waals surface area contributed by atoms with E-state index in [0.717, 1.165) is 0 Å². The zero-order valence-electron chi connectivity index (χ0n) is 7.47. The molecule has 0 aromatic carbocycles. The van der Waals surface area contributed by atoms with E-state index in [0.29, 0.717) is 5.75 Å². The second-order valence-electron chi connectivity index (χ2n) is 3.51. The lowest BCUT2D eigenvalue weighted by Crippen LogP contribution is -2.14. The quantitative estimate of drug-likeness (QED) is 0.580. The molecular weight excluding hydrogens is 146 g/mol. The fourth-order valence-corrected chi connectivity index (χ4v) is 1.93. The highest BCUT2D eigenvalue weighted by molar-refractivity contribution is 7.92. The van der Waals surface area contributed by atoms with Crippen molar-refractivity contribution in [2.24, 2.45) is 4.36 Å². The lowest BCUT2D eigenvalue weighted by atomic mass is 10.1. The van der Waals surface area contributed by atoms with Crippen LogP contribution in [0.25, 0.3) is 0 Å². The number of nitrogens with zero attached hydrogens (tertiary/aromatic N) is 1. The van der Waals surface area contributed by atoms with Crippen molar-refractivity contribution in [2.45, 2.75) is 33.2 Å². The van der Waals surface area contributed by atoms with Crippen molar-refractivity contribution in [1.82, 2.24) is 0 Å². The Morgan fingerprint density at radius 3 is 1.90 bits per heavy atom. The summed E-state index contributed by atoms with van der Waals surface area (Å²) < 4.78 is 15.6. The van der Waals surface area contributed by atoms with Gasteiger partial charge in [-0.3, -0.25) is 4.21 Å². The normalized spacial score (nSPS) is 18.1. The first-order valence-electron chi connectivity index (χ1n) is 3.48. The van der Waals surface area contributed by atoms with E-state index in [2.05, 4.69) is 4.36 Å². The molecule has 1 unspecified atom stereocenters. The van der Waals surface area contributed by atoms with Gasteiger partial charge in [0.1, 0.15) is 0 Å². The summed E-state index contributed by atoms with van der Waals surface area (Å²) in [6.07, 6.45) is 1.71. The zero-order chi connectivity index (χ0) is 8.41. The Balaban J connectivity index is 4.62. The van der Waals surface area contributed by atoms with E-state index in [1.54, 1.807) is 6.26 Å². The Labute approximate surface area is 64.2 Å². The van der Waals surface area contributed by atoms with Crippen LogP contribution < -0.4 is 0 Å². The highest BCUT2D eigenvalue weighted by Crippen LogP contribution is 2.09. The summed E-state index contributed by atoms with van der Waals surface area (Å²) in [6.45, 7) is 7.79. The monoisotopic (exact) mass is 163 g/mol. The van der Waals surface area contributed by atoms with E-state index in [9.17, 15) is 4.21 Å². The summed E-state index contributed by atoms with van der Waals surface area (Å²) in [5.74, 6) is 0.643. The van der Waals surface area contributed by atoms with Crippen molar-refractivity contribution < 1.29 is 4.21 Å². The van der Waals surface area contributed by atoms with Crippen LogP contribution >= 0.6 is 0 Å². The van der Waals surface area contributed by atoms with Crippen molar-refractivity contribution in [3.8, 4) is 0 Å². The van der Waals surface area contributed by atoms with Crippen LogP contribution in [0, 0.1) is 0 Å². The van der Waals surface area contributed by atoms with Crippen molar-refractivity contribution >= 4 is 9.73 Å². The van der Waals surface area contributed by atoms with E-state index in [1.807, 2.05) is 27.7 Å². The minimum atomic E-state index is -1.90. The van der Waals surface area contributed by atoms with Gasteiger partial charge in [-0.1, -0.05) is 6.92 Å². The van der Waals surface area contributed by atoms with Crippen LogP contribution in [0.1, 0.15) is 27.7 Å². The van der Waals surface area contributed by atoms with E-state index in [4.69, 9.17) is 0 Å². The van der Waals surface area contributed by atoms with E-state index in [1.165, 1.54) is 0 Å². The molecule has 0 bridgehead atoms. The predicted molar refractivity (Wildman–Crippen MR) is 46.8 cm³/mol. The lowest BCUT2D eigenvalue weighted by Gasteiger charge is -2.13. The SMILES string of the molecule is CCS(C)(=O)=NC(C)(C)C. The first kappa shape index (κ1) is 9.95. The molecule has 10 heavy (non-hydrogen) atoms. The predicted octanol–water partition coefficient (Wildman–Crippen LogP) is 1.90. The van der Waals surface area contributed by atoms with Gasteiger partial charge in [0.2, 0.25) is 0 Å². The highest BCUT2D eigenvalue weighted by atomic mass is 32.2. The molecule has 2 nitrogen and oxygen atoms in total. The molecule has 0 aliphatic heterocycles. The maximum Gasteiger partial charge on any atom is 0.0618 e. The average Bonchev–Trinajstić information content (AvgIpc) is 1.60. The Bertz CT molecular complexity index is 206. The lowest BCUT2D eigenvalue weighted by molar-refractivity contribution is 0.582. The standard InChI is InChI=1S/C7H17NOS/c1-6-10(5,9)8-7(2,3)4/h6H2,1-5H3. The third kappa shape index (κ3) is 4.79. The van der Waals surface area contributed by atoms with Crippen LogP contribution in [-0.2, 0) is 9.73 Å². The van der Waals surface area contributed by atoms with Crippen molar-refractivity contribution in [3.05, 3.63) is 0 Å². The second-order valence-corrected chi connectivity index (χ2v) is 6.19. The van der Waals surface area contributed by atoms with Gasteiger partial charge in [0.15, 0.2) is 0 Å². The molecule has 0 N–H and O–H groups in total. The highest BCUT2D eigenvalue weighted by Gasteiger charge is 2.09. The molecule has 1 atom stereocenters. The molecule has 0 saturated carbocycles. The van der Waals surface area contributed by atoms with Crippen LogP contribution in [0.2, 0.25) is 0 Å². The van der Waals surface area contributed by atoms with E-state index >= 15 is 0 Å². The molecule has 0 saturated heterocycles. The minimum Gasteiger partial charge on any atom is -0.250 e. The molecular formula is C7H17NOS. The molecule has 0 spiro atoms. The topological polar surface area (TPSA) is 29.4 Å². The molecule has 0 rings (SSSR count). The van der Waals surface area contributed by atoms with Crippen LogP contribution in [0.3, 0.4) is 0 Å². The molecule has 0 aromatic heterocycles. The Morgan fingerprint density at radius 2 is 1.80 bits per heavy atom. The fourth-order valence-electron chi connectivity index (χ4n) is 0.644. The first-order valence-corrected chi connectivity index (χ1v) is 5.57. The van der Waals surface area contributed by atoms with Gasteiger partial charge in [0, 0.05) is 21.7 Å². The number of hydrogen-bond acceptors (Lipinski definition) is 2. The summed E-state index contributed by atoms with van der Waals surface area (Å²) in [5.41, 5.74) is -0.165. The van der Waals surface area contributed by atoms with Gasteiger partial charge in [0.05, 0.1) is 5.54 Å². The average molecular weight is 163 g/mol. The van der Waals surface area contributed by atoms with Gasteiger partial charge in [-0.25, -0.2) is 4.36 Å². The van der Waals surface area contributed by atoms with Crippen molar-refractivity contribution in [2.75, 3.05) is 12.0 Å². The molecule has 0 aliphatic carbocycles. The van der Waals surface area contributed by atoms with Gasteiger partial charge in [0.25, 0.3) is 0 Å². The summed E-state index contributed by atoms with van der Waals surface area (Å²) >= 11 is 0. The molecule has 0 aliphatic rings. The summed E-state index contributed by atoms with van der Waals surface area (Å²) in [4.78, 5) is 0. The van der Waals surface area contributed by atoms with Crippen LogP contribution in [0.5, 0.6) is 0 Å². The Morgan fingerprint density at radius 1 is 1.40 bits per heavy atom. The summed E-state index contributed by atoms with van der Waals surface area (Å²) in [5, 5.41) is 0. The maximum atomic E-state index is 11.4. The smallest absolute Gasteiger partial charge is 0.0618 e. The van der Waals surface area contributed by atoms with Gasteiger partial charge in [-0.15, -0.1) is 0 Å².